The van der Waals surface area contributed by atoms with Crippen LogP contribution in [0.25, 0.3) is 0 Å². The van der Waals surface area contributed by atoms with Crippen molar-refractivity contribution in [2.75, 3.05) is 10.2 Å². The summed E-state index contributed by atoms with van der Waals surface area (Å²) in [5.74, 6) is -0.510. The smallest absolute Gasteiger partial charge is 0.238 e. The number of hydrogen-bond acceptors (Lipinski definition) is 4. The molecular weight excluding hydrogens is 524 g/mol. The fraction of sp³-hybridized carbons (Fsp3) is 0.389. The first-order chi connectivity index (χ1) is 20.4. The third kappa shape index (κ3) is 4.14. The lowest BCUT2D eigenvalue weighted by molar-refractivity contribution is -0.126. The van der Waals surface area contributed by atoms with Gasteiger partial charge in [0.15, 0.2) is 0 Å². The lowest BCUT2D eigenvalue weighted by Gasteiger charge is -2.26. The van der Waals surface area contributed by atoms with Crippen LogP contribution in [0.2, 0.25) is 0 Å². The second-order valence-corrected chi connectivity index (χ2v) is 12.7. The Morgan fingerprint density at radius 3 is 2.21 bits per heavy atom. The molecule has 7 rings (SSSR count). The normalized spacial score (nSPS) is 32.2. The average Bonchev–Trinajstić information content (AvgIpc) is 3.80. The Hall–Kier alpha value is -4.06. The van der Waals surface area contributed by atoms with Crippen LogP contribution in [0.1, 0.15) is 43.7 Å². The van der Waals surface area contributed by atoms with Crippen LogP contribution in [-0.2, 0) is 25.6 Å². The molecule has 6 heteroatoms. The zero-order valence-electron chi connectivity index (χ0n) is 23.9. The summed E-state index contributed by atoms with van der Waals surface area (Å²) >= 11 is 0. The standard InChI is InChI=1S/C36H36N2O4/c1-3-5-23-16-25-18-29(23)33-31(25)35(41)38(36(33)42)27-12-8-21(9-13-27)14-20-6-10-26(11-7-20)37-34(40)32-28-17-24(30(32)19-39)15-22(28)4-2/h3,6-13,15-16,19,24-25,28-33H,1,4-5,14,17-18H2,2H3,(H,37,40). The zero-order chi connectivity index (χ0) is 29.1. The van der Waals surface area contributed by atoms with Crippen molar-refractivity contribution < 1.29 is 19.2 Å². The first kappa shape index (κ1) is 26.8. The van der Waals surface area contributed by atoms with Crippen molar-refractivity contribution in [1.29, 1.82) is 0 Å². The monoisotopic (exact) mass is 560 g/mol. The molecule has 3 amide bonds. The number of amides is 3. The van der Waals surface area contributed by atoms with Crippen molar-refractivity contribution in [3.8, 4) is 0 Å². The number of hydrogen-bond donors (Lipinski definition) is 1. The van der Waals surface area contributed by atoms with Gasteiger partial charge in [-0.1, -0.05) is 60.6 Å². The van der Waals surface area contributed by atoms with E-state index >= 15 is 0 Å². The van der Waals surface area contributed by atoms with Gasteiger partial charge in [-0.3, -0.25) is 19.3 Å². The molecule has 2 saturated carbocycles. The predicted octanol–water partition coefficient (Wildman–Crippen LogP) is 5.89. The molecule has 1 heterocycles. The Morgan fingerprint density at radius 1 is 0.905 bits per heavy atom. The number of imide groups is 1. The number of aldehydes is 1. The van der Waals surface area contributed by atoms with E-state index in [0.29, 0.717) is 12.1 Å². The van der Waals surface area contributed by atoms with Gasteiger partial charge in [0, 0.05) is 11.6 Å². The largest absolute Gasteiger partial charge is 0.326 e. The highest BCUT2D eigenvalue weighted by molar-refractivity contribution is 6.22. The fourth-order valence-electron chi connectivity index (χ4n) is 8.71. The van der Waals surface area contributed by atoms with Crippen LogP contribution in [-0.4, -0.2) is 24.0 Å². The van der Waals surface area contributed by atoms with Crippen LogP contribution in [0.15, 0.2) is 84.5 Å². The molecule has 0 spiro atoms. The predicted molar refractivity (Wildman–Crippen MR) is 161 cm³/mol. The Balaban J connectivity index is 0.989. The molecule has 5 aliphatic rings. The number of carbonyl (C=O) groups excluding carboxylic acids is 4. The van der Waals surface area contributed by atoms with Crippen LogP contribution >= 0.6 is 0 Å². The summed E-state index contributed by atoms with van der Waals surface area (Å²) in [5, 5.41) is 3.05. The maximum absolute atomic E-state index is 13.4. The van der Waals surface area contributed by atoms with Gasteiger partial charge in [-0.15, -0.1) is 6.58 Å². The van der Waals surface area contributed by atoms with Gasteiger partial charge in [-0.25, -0.2) is 0 Å². The minimum atomic E-state index is -0.291. The third-order valence-electron chi connectivity index (χ3n) is 10.6. The molecule has 4 bridgehead atoms. The van der Waals surface area contributed by atoms with Gasteiger partial charge < -0.3 is 10.1 Å². The Kier molecular flexibility index (Phi) is 6.60. The number of rotatable bonds is 9. The van der Waals surface area contributed by atoms with E-state index in [9.17, 15) is 19.2 Å². The first-order valence-electron chi connectivity index (χ1n) is 15.3. The van der Waals surface area contributed by atoms with E-state index in [1.54, 1.807) is 0 Å². The first-order valence-corrected chi connectivity index (χ1v) is 15.3. The number of carbonyl (C=O) groups is 4. The second kappa shape index (κ2) is 10.3. The summed E-state index contributed by atoms with van der Waals surface area (Å²) in [6, 6.07) is 15.5. The zero-order valence-corrected chi connectivity index (χ0v) is 23.9. The molecule has 214 valence electrons. The van der Waals surface area contributed by atoms with Gasteiger partial charge >= 0.3 is 0 Å². The molecule has 8 atom stereocenters. The van der Waals surface area contributed by atoms with Gasteiger partial charge in [0.05, 0.1) is 23.4 Å². The summed E-state index contributed by atoms with van der Waals surface area (Å²) < 4.78 is 0. The van der Waals surface area contributed by atoms with E-state index in [1.807, 2.05) is 54.6 Å². The maximum atomic E-state index is 13.4. The minimum absolute atomic E-state index is 0.0654. The van der Waals surface area contributed by atoms with Crippen molar-refractivity contribution in [1.82, 2.24) is 0 Å². The van der Waals surface area contributed by atoms with E-state index in [1.165, 1.54) is 16.0 Å². The van der Waals surface area contributed by atoms with Crippen molar-refractivity contribution in [2.45, 2.75) is 39.0 Å². The highest BCUT2D eigenvalue weighted by Crippen LogP contribution is 2.57. The fourth-order valence-corrected chi connectivity index (χ4v) is 8.71. The average molecular weight is 561 g/mol. The molecule has 1 aliphatic heterocycles. The minimum Gasteiger partial charge on any atom is -0.326 e. The van der Waals surface area contributed by atoms with E-state index in [-0.39, 0.29) is 65.1 Å². The molecule has 2 aromatic rings. The van der Waals surface area contributed by atoms with E-state index in [4.69, 9.17) is 0 Å². The molecule has 1 saturated heterocycles. The molecule has 0 radical (unpaired) electrons. The Morgan fingerprint density at radius 2 is 1.55 bits per heavy atom. The van der Waals surface area contributed by atoms with Crippen molar-refractivity contribution in [2.24, 2.45) is 47.3 Å². The summed E-state index contributed by atoms with van der Waals surface area (Å²) in [6.45, 7) is 5.95. The molecule has 1 N–H and O–H groups in total. The van der Waals surface area contributed by atoms with E-state index in [0.717, 1.165) is 48.8 Å². The molecule has 4 aliphatic carbocycles. The Labute approximate surface area is 246 Å². The molecule has 6 nitrogen and oxygen atoms in total. The molecule has 0 aromatic heterocycles. The summed E-state index contributed by atoms with van der Waals surface area (Å²) in [6.07, 6.45) is 11.5. The van der Waals surface area contributed by atoms with Gasteiger partial charge in [0.1, 0.15) is 6.29 Å². The van der Waals surface area contributed by atoms with E-state index < -0.39 is 0 Å². The lowest BCUT2D eigenvalue weighted by atomic mass is 9.79. The van der Waals surface area contributed by atoms with Gasteiger partial charge in [0.25, 0.3) is 0 Å². The van der Waals surface area contributed by atoms with Crippen molar-refractivity contribution >= 4 is 35.4 Å². The highest BCUT2D eigenvalue weighted by atomic mass is 16.2. The van der Waals surface area contributed by atoms with Crippen LogP contribution in [0.5, 0.6) is 0 Å². The van der Waals surface area contributed by atoms with Crippen LogP contribution in [0, 0.1) is 47.3 Å². The number of benzene rings is 2. The number of nitrogens with one attached hydrogen (secondary N) is 1. The van der Waals surface area contributed by atoms with Crippen LogP contribution in [0.3, 0.4) is 0 Å². The number of allylic oxidation sites excluding steroid dienone is 5. The summed E-state index contributed by atoms with van der Waals surface area (Å²) in [4.78, 5) is 53.1. The van der Waals surface area contributed by atoms with Crippen LogP contribution < -0.4 is 10.2 Å². The van der Waals surface area contributed by atoms with Crippen molar-refractivity contribution in [3.63, 3.8) is 0 Å². The van der Waals surface area contributed by atoms with Gasteiger partial charge in [0.2, 0.25) is 17.7 Å². The molecule has 3 fully saturated rings. The second-order valence-electron chi connectivity index (χ2n) is 12.7. The molecule has 2 aromatic carbocycles. The Bertz CT molecular complexity index is 1530. The van der Waals surface area contributed by atoms with Gasteiger partial charge in [-0.2, -0.15) is 0 Å². The third-order valence-corrected chi connectivity index (χ3v) is 10.6. The van der Waals surface area contributed by atoms with Crippen LogP contribution in [0.4, 0.5) is 11.4 Å². The lowest BCUT2D eigenvalue weighted by Crippen LogP contribution is -2.34. The number of nitrogens with zero attached hydrogens (tertiary/aromatic N) is 1. The summed E-state index contributed by atoms with van der Waals surface area (Å²) in [7, 11) is 0. The topological polar surface area (TPSA) is 83.6 Å². The quantitative estimate of drug-likeness (QED) is 0.236. The SMILES string of the molecule is C=CCC1=CC2CC1C1C(=O)N(c3ccc(Cc4ccc(NC(=O)C5C6CC(C=C6CC)C5C=O)cc4)cc3)C(=O)C21. The molecule has 42 heavy (non-hydrogen) atoms. The summed E-state index contributed by atoms with van der Waals surface area (Å²) in [5.41, 5.74) is 6.09. The maximum Gasteiger partial charge on any atom is 0.238 e. The molecular formula is C36H36N2O4. The van der Waals surface area contributed by atoms with E-state index in [2.05, 4.69) is 31.0 Å². The van der Waals surface area contributed by atoms with Crippen molar-refractivity contribution in [3.05, 3.63) is 95.6 Å². The highest BCUT2D eigenvalue weighted by Gasteiger charge is 2.61. The molecule has 8 unspecified atom stereocenters. The van der Waals surface area contributed by atoms with Gasteiger partial charge in [-0.05, 0) is 91.2 Å². The number of fused-ring (bicyclic) bond motifs is 7. The number of anilines is 2.